The maximum absolute atomic E-state index is 12.5. The molecule has 0 saturated carbocycles. The topological polar surface area (TPSA) is 12.0 Å². The first-order valence-electron chi connectivity index (χ1n) is 6.53. The Morgan fingerprint density at radius 2 is 1.65 bits per heavy atom. The molecule has 1 atom stereocenters. The molecule has 2 aromatic rings. The summed E-state index contributed by atoms with van der Waals surface area (Å²) in [6.45, 7) is 0.752. The molecule has 1 aliphatic rings. The first-order valence-corrected chi connectivity index (χ1v) is 6.53. The summed E-state index contributed by atoms with van der Waals surface area (Å²) in [6, 6.07) is 13.5. The van der Waals surface area contributed by atoms with E-state index in [4.69, 9.17) is 0 Å². The fourth-order valence-corrected chi connectivity index (χ4v) is 2.62. The van der Waals surface area contributed by atoms with Gasteiger partial charge < -0.3 is 5.32 Å². The second-order valence-electron chi connectivity index (χ2n) is 5.06. The van der Waals surface area contributed by atoms with Crippen molar-refractivity contribution in [3.8, 4) is 0 Å². The van der Waals surface area contributed by atoms with Crippen molar-refractivity contribution in [3.05, 3.63) is 65.2 Å². The van der Waals surface area contributed by atoms with Crippen LogP contribution < -0.4 is 5.32 Å². The van der Waals surface area contributed by atoms with Gasteiger partial charge in [0, 0.05) is 18.2 Å². The Hall–Kier alpha value is -1.97. The van der Waals surface area contributed by atoms with Crippen molar-refractivity contribution in [1.82, 2.24) is 0 Å². The van der Waals surface area contributed by atoms with Crippen LogP contribution in [0.3, 0.4) is 0 Å². The van der Waals surface area contributed by atoms with E-state index in [-0.39, 0.29) is 5.92 Å². The van der Waals surface area contributed by atoms with Crippen LogP contribution in [0.1, 0.15) is 22.6 Å². The predicted molar refractivity (Wildman–Crippen MR) is 72.8 cm³/mol. The Kier molecular flexibility index (Phi) is 3.16. The number of hydrogen-bond donors (Lipinski definition) is 1. The minimum Gasteiger partial charge on any atom is -0.384 e. The lowest BCUT2D eigenvalue weighted by atomic mass is 9.88. The van der Waals surface area contributed by atoms with Gasteiger partial charge in [0.25, 0.3) is 0 Å². The van der Waals surface area contributed by atoms with Crippen molar-refractivity contribution in [2.75, 3.05) is 11.9 Å². The Balaban J connectivity index is 1.81. The minimum absolute atomic E-state index is 0.215. The predicted octanol–water partition coefficient (Wildman–Crippen LogP) is 4.46. The molecule has 0 saturated heterocycles. The van der Waals surface area contributed by atoms with Crippen molar-refractivity contribution in [2.24, 2.45) is 0 Å². The zero-order valence-electron chi connectivity index (χ0n) is 10.7. The van der Waals surface area contributed by atoms with Crippen LogP contribution in [0, 0.1) is 0 Å². The number of alkyl halides is 3. The molecule has 104 valence electrons. The van der Waals surface area contributed by atoms with Crippen molar-refractivity contribution >= 4 is 5.69 Å². The quantitative estimate of drug-likeness (QED) is 0.811. The zero-order chi connectivity index (χ0) is 14.2. The third-order valence-corrected chi connectivity index (χ3v) is 3.73. The van der Waals surface area contributed by atoms with Crippen LogP contribution in [0.25, 0.3) is 0 Å². The lowest BCUT2D eigenvalue weighted by Gasteiger charge is -2.26. The molecule has 1 unspecified atom stereocenters. The Labute approximate surface area is 115 Å². The number of para-hydroxylation sites is 1. The zero-order valence-corrected chi connectivity index (χ0v) is 10.7. The van der Waals surface area contributed by atoms with Crippen LogP contribution in [-0.2, 0) is 12.6 Å². The second kappa shape index (κ2) is 4.85. The van der Waals surface area contributed by atoms with Crippen LogP contribution in [0.5, 0.6) is 0 Å². The van der Waals surface area contributed by atoms with Gasteiger partial charge in [-0.1, -0.05) is 30.3 Å². The molecule has 0 spiro atoms. The van der Waals surface area contributed by atoms with Gasteiger partial charge in [-0.3, -0.25) is 0 Å². The normalized spacial score (nSPS) is 18.2. The van der Waals surface area contributed by atoms with E-state index in [2.05, 4.69) is 11.4 Å². The number of rotatable bonds is 1. The van der Waals surface area contributed by atoms with Gasteiger partial charge in [-0.2, -0.15) is 13.2 Å². The number of nitrogens with one attached hydrogen (secondary N) is 1. The lowest BCUT2D eigenvalue weighted by Crippen LogP contribution is -2.21. The van der Waals surface area contributed by atoms with Gasteiger partial charge in [0.2, 0.25) is 0 Å². The van der Waals surface area contributed by atoms with Gasteiger partial charge in [0.15, 0.2) is 0 Å². The first kappa shape index (κ1) is 13.0. The summed E-state index contributed by atoms with van der Waals surface area (Å²) in [5.74, 6) is 0.215. The molecule has 1 heterocycles. The summed E-state index contributed by atoms with van der Waals surface area (Å²) in [5, 5.41) is 3.33. The molecule has 1 N–H and O–H groups in total. The average molecular weight is 277 g/mol. The molecule has 20 heavy (non-hydrogen) atoms. The van der Waals surface area contributed by atoms with Crippen LogP contribution in [0.2, 0.25) is 0 Å². The summed E-state index contributed by atoms with van der Waals surface area (Å²) in [5.41, 5.74) is 2.68. The molecule has 1 nitrogen and oxygen atoms in total. The molecular weight excluding hydrogens is 263 g/mol. The number of halogens is 3. The van der Waals surface area contributed by atoms with E-state index in [1.807, 2.05) is 18.2 Å². The van der Waals surface area contributed by atoms with Crippen LogP contribution >= 0.6 is 0 Å². The molecule has 3 rings (SSSR count). The van der Waals surface area contributed by atoms with Gasteiger partial charge in [0.05, 0.1) is 5.56 Å². The third kappa shape index (κ3) is 2.50. The average Bonchev–Trinajstić information content (AvgIpc) is 2.46. The molecule has 0 radical (unpaired) electrons. The van der Waals surface area contributed by atoms with Gasteiger partial charge in [-0.05, 0) is 35.7 Å². The van der Waals surface area contributed by atoms with Crippen LogP contribution in [0.15, 0.2) is 48.5 Å². The lowest BCUT2D eigenvalue weighted by molar-refractivity contribution is -0.137. The summed E-state index contributed by atoms with van der Waals surface area (Å²) < 4.78 is 37.6. The summed E-state index contributed by atoms with van der Waals surface area (Å²) in [4.78, 5) is 0. The van der Waals surface area contributed by atoms with Crippen molar-refractivity contribution in [1.29, 1.82) is 0 Å². The van der Waals surface area contributed by atoms with E-state index in [1.165, 1.54) is 5.56 Å². The highest BCUT2D eigenvalue weighted by Gasteiger charge is 2.30. The Morgan fingerprint density at radius 3 is 2.35 bits per heavy atom. The fraction of sp³-hybridized carbons (Fsp3) is 0.250. The smallest absolute Gasteiger partial charge is 0.384 e. The molecule has 0 aromatic heterocycles. The SMILES string of the molecule is FC(F)(F)c1ccc(C2CNc3ccccc3C2)cc1. The standard InChI is InChI=1S/C16H14F3N/c17-16(18,19)14-7-5-11(6-8-14)13-9-12-3-1-2-4-15(12)20-10-13/h1-8,13,20H,9-10H2. The molecule has 0 bridgehead atoms. The van der Waals surface area contributed by atoms with E-state index >= 15 is 0 Å². The number of fused-ring (bicyclic) bond motifs is 1. The van der Waals surface area contributed by atoms with Crippen molar-refractivity contribution in [2.45, 2.75) is 18.5 Å². The van der Waals surface area contributed by atoms with E-state index in [0.29, 0.717) is 0 Å². The third-order valence-electron chi connectivity index (χ3n) is 3.73. The molecule has 0 fully saturated rings. The minimum atomic E-state index is -4.27. The molecule has 4 heteroatoms. The van der Waals surface area contributed by atoms with Gasteiger partial charge in [-0.15, -0.1) is 0 Å². The maximum Gasteiger partial charge on any atom is 0.416 e. The van der Waals surface area contributed by atoms with Gasteiger partial charge >= 0.3 is 6.18 Å². The fourth-order valence-electron chi connectivity index (χ4n) is 2.62. The maximum atomic E-state index is 12.5. The first-order chi connectivity index (χ1) is 9.54. The van der Waals surface area contributed by atoms with E-state index in [9.17, 15) is 13.2 Å². The molecule has 2 aromatic carbocycles. The molecule has 1 aliphatic heterocycles. The molecular formula is C16H14F3N. The van der Waals surface area contributed by atoms with Crippen molar-refractivity contribution < 1.29 is 13.2 Å². The van der Waals surface area contributed by atoms with Crippen LogP contribution in [0.4, 0.5) is 18.9 Å². The molecule has 0 amide bonds. The van der Waals surface area contributed by atoms with Crippen molar-refractivity contribution in [3.63, 3.8) is 0 Å². The number of benzene rings is 2. The van der Waals surface area contributed by atoms with Gasteiger partial charge in [0.1, 0.15) is 0 Å². The Bertz CT molecular complexity index is 602. The second-order valence-corrected chi connectivity index (χ2v) is 5.06. The monoisotopic (exact) mass is 277 g/mol. The highest BCUT2D eigenvalue weighted by molar-refractivity contribution is 5.54. The van der Waals surface area contributed by atoms with E-state index < -0.39 is 11.7 Å². The summed E-state index contributed by atoms with van der Waals surface area (Å²) >= 11 is 0. The van der Waals surface area contributed by atoms with Gasteiger partial charge in [-0.25, -0.2) is 0 Å². The number of anilines is 1. The summed E-state index contributed by atoms with van der Waals surface area (Å²) in [7, 11) is 0. The van der Waals surface area contributed by atoms with Crippen LogP contribution in [-0.4, -0.2) is 6.54 Å². The van der Waals surface area contributed by atoms with E-state index in [0.717, 1.165) is 36.3 Å². The van der Waals surface area contributed by atoms with E-state index in [1.54, 1.807) is 12.1 Å². The Morgan fingerprint density at radius 1 is 0.950 bits per heavy atom. The number of hydrogen-bond acceptors (Lipinski definition) is 1. The highest BCUT2D eigenvalue weighted by Crippen LogP contribution is 2.33. The summed E-state index contributed by atoms with van der Waals surface area (Å²) in [6.07, 6.45) is -3.41. The molecule has 0 aliphatic carbocycles. The highest BCUT2D eigenvalue weighted by atomic mass is 19.4. The largest absolute Gasteiger partial charge is 0.416 e.